The Bertz CT molecular complexity index is 617. The van der Waals surface area contributed by atoms with E-state index in [2.05, 4.69) is 15.5 Å². The van der Waals surface area contributed by atoms with E-state index in [0.717, 1.165) is 4.73 Å². The number of nitrogens with zero attached hydrogens (tertiary/aromatic N) is 5. The van der Waals surface area contributed by atoms with Crippen molar-refractivity contribution in [2.75, 3.05) is 0 Å². The van der Waals surface area contributed by atoms with Crippen LogP contribution in [0.1, 0.15) is 0 Å². The van der Waals surface area contributed by atoms with Crippen LogP contribution in [0.3, 0.4) is 0 Å². The fourth-order valence-electron chi connectivity index (χ4n) is 1.45. The van der Waals surface area contributed by atoms with Crippen molar-refractivity contribution in [1.29, 1.82) is 0 Å². The minimum Gasteiger partial charge on any atom is -0.618 e. The number of aromatic nitrogens is 5. The van der Waals surface area contributed by atoms with Crippen LogP contribution in [0.25, 0.3) is 16.7 Å². The molecule has 0 saturated carbocycles. The van der Waals surface area contributed by atoms with Gasteiger partial charge in [-0.3, -0.25) is 0 Å². The summed E-state index contributed by atoms with van der Waals surface area (Å²) in [6.45, 7) is 0. The van der Waals surface area contributed by atoms with Crippen LogP contribution < -0.4 is 4.73 Å². The highest BCUT2D eigenvalue weighted by molar-refractivity contribution is 5.73. The number of hydrogen-bond acceptors (Lipinski definition) is 4. The molecule has 0 fully saturated rings. The molecular formula is C8H5N5O. The third-order valence-electron chi connectivity index (χ3n) is 2.07. The van der Waals surface area contributed by atoms with Crippen molar-refractivity contribution >= 4 is 16.7 Å². The van der Waals surface area contributed by atoms with Gasteiger partial charge in [0.2, 0.25) is 17.4 Å². The molecule has 0 aliphatic rings. The van der Waals surface area contributed by atoms with Gasteiger partial charge in [-0.05, 0) is 16.5 Å². The van der Waals surface area contributed by atoms with Crippen molar-refractivity contribution < 1.29 is 4.73 Å². The molecule has 6 heteroatoms. The summed E-state index contributed by atoms with van der Waals surface area (Å²) in [5.41, 5.74) is 1.69. The minimum atomic E-state index is 0.443. The molecule has 6 nitrogen and oxygen atoms in total. The Morgan fingerprint density at radius 2 is 2.14 bits per heavy atom. The van der Waals surface area contributed by atoms with E-state index in [-0.39, 0.29) is 0 Å². The van der Waals surface area contributed by atoms with E-state index in [0.29, 0.717) is 16.7 Å². The third kappa shape index (κ3) is 0.792. The molecule has 0 N–H and O–H groups in total. The standard InChI is InChI=1S/C8H5N5O/c14-12-5-8-9-10-11-13(8)7-4-2-1-3-6(7)12/h1-5H. The fourth-order valence-corrected chi connectivity index (χ4v) is 1.45. The van der Waals surface area contributed by atoms with Gasteiger partial charge in [-0.2, -0.15) is 9.25 Å². The first kappa shape index (κ1) is 7.19. The summed E-state index contributed by atoms with van der Waals surface area (Å²) in [7, 11) is 0. The predicted molar refractivity (Wildman–Crippen MR) is 47.2 cm³/mol. The first-order valence-corrected chi connectivity index (χ1v) is 4.05. The van der Waals surface area contributed by atoms with Gasteiger partial charge in [-0.1, -0.05) is 12.1 Å². The maximum atomic E-state index is 11.5. The van der Waals surface area contributed by atoms with Crippen LogP contribution in [0, 0.1) is 5.21 Å². The van der Waals surface area contributed by atoms with Crippen LogP contribution in [0.15, 0.2) is 30.5 Å². The first-order chi connectivity index (χ1) is 6.86. The highest BCUT2D eigenvalue weighted by Crippen LogP contribution is 2.08. The number of rotatable bonds is 0. The van der Waals surface area contributed by atoms with Gasteiger partial charge in [-0.25, -0.2) is 0 Å². The van der Waals surface area contributed by atoms with Gasteiger partial charge >= 0.3 is 0 Å². The molecule has 0 bridgehead atoms. The molecule has 0 atom stereocenters. The maximum Gasteiger partial charge on any atom is 0.245 e. The van der Waals surface area contributed by atoms with E-state index in [9.17, 15) is 5.21 Å². The Hall–Kier alpha value is -2.24. The lowest BCUT2D eigenvalue weighted by molar-refractivity contribution is -0.576. The Balaban J connectivity index is 2.67. The quantitative estimate of drug-likeness (QED) is 0.364. The summed E-state index contributed by atoms with van der Waals surface area (Å²) in [6.07, 6.45) is 1.35. The van der Waals surface area contributed by atoms with E-state index in [1.165, 1.54) is 10.7 Å². The summed E-state index contributed by atoms with van der Waals surface area (Å²) in [4.78, 5) is 0. The first-order valence-electron chi connectivity index (χ1n) is 4.05. The van der Waals surface area contributed by atoms with Gasteiger partial charge < -0.3 is 5.21 Å². The van der Waals surface area contributed by atoms with E-state index < -0.39 is 0 Å². The van der Waals surface area contributed by atoms with Gasteiger partial charge in [0.1, 0.15) is 5.52 Å². The van der Waals surface area contributed by atoms with Crippen LogP contribution in [0.2, 0.25) is 0 Å². The summed E-state index contributed by atoms with van der Waals surface area (Å²) in [6, 6.07) is 7.16. The lowest BCUT2D eigenvalue weighted by Gasteiger charge is -2.00. The van der Waals surface area contributed by atoms with E-state index in [1.54, 1.807) is 18.2 Å². The molecule has 0 aliphatic carbocycles. The fraction of sp³-hybridized carbons (Fsp3) is 0. The molecule has 14 heavy (non-hydrogen) atoms. The number of tetrazole rings is 1. The molecule has 1 aromatic carbocycles. The normalized spacial score (nSPS) is 11.1. The number of benzene rings is 1. The molecule has 3 aromatic rings. The van der Waals surface area contributed by atoms with Crippen LogP contribution in [0.4, 0.5) is 0 Å². The lowest BCUT2D eigenvalue weighted by Crippen LogP contribution is -2.27. The zero-order valence-electron chi connectivity index (χ0n) is 7.03. The van der Waals surface area contributed by atoms with Gasteiger partial charge in [0, 0.05) is 6.07 Å². The zero-order chi connectivity index (χ0) is 9.54. The minimum absolute atomic E-state index is 0.443. The topological polar surface area (TPSA) is 70.0 Å². The van der Waals surface area contributed by atoms with Crippen LogP contribution in [-0.2, 0) is 0 Å². The molecule has 0 aliphatic heterocycles. The van der Waals surface area contributed by atoms with Crippen molar-refractivity contribution in [2.45, 2.75) is 0 Å². The highest BCUT2D eigenvalue weighted by atomic mass is 16.5. The van der Waals surface area contributed by atoms with Crippen molar-refractivity contribution in [3.05, 3.63) is 35.7 Å². The smallest absolute Gasteiger partial charge is 0.245 e. The third-order valence-corrected chi connectivity index (χ3v) is 2.07. The molecule has 0 spiro atoms. The second kappa shape index (κ2) is 2.38. The molecule has 0 amide bonds. The van der Waals surface area contributed by atoms with E-state index >= 15 is 0 Å². The van der Waals surface area contributed by atoms with Gasteiger partial charge in [0.15, 0.2) is 0 Å². The second-order valence-corrected chi connectivity index (χ2v) is 2.89. The summed E-state index contributed by atoms with van der Waals surface area (Å²) >= 11 is 0. The Morgan fingerprint density at radius 3 is 3.07 bits per heavy atom. The second-order valence-electron chi connectivity index (χ2n) is 2.89. The molecule has 2 heterocycles. The van der Waals surface area contributed by atoms with Gasteiger partial charge in [0.05, 0.1) is 0 Å². The largest absolute Gasteiger partial charge is 0.618 e. The van der Waals surface area contributed by atoms with Crippen LogP contribution in [0.5, 0.6) is 0 Å². The number of fused-ring (bicyclic) bond motifs is 3. The van der Waals surface area contributed by atoms with E-state index in [1.807, 2.05) is 6.07 Å². The number of para-hydroxylation sites is 2. The van der Waals surface area contributed by atoms with Crippen LogP contribution in [-0.4, -0.2) is 20.0 Å². The average Bonchev–Trinajstić information content (AvgIpc) is 2.66. The monoisotopic (exact) mass is 187 g/mol. The van der Waals surface area contributed by atoms with Crippen molar-refractivity contribution in [2.24, 2.45) is 0 Å². The molecule has 0 saturated heterocycles. The van der Waals surface area contributed by atoms with Crippen molar-refractivity contribution in [3.8, 4) is 0 Å². The Kier molecular flexibility index (Phi) is 1.22. The molecule has 2 aromatic heterocycles. The van der Waals surface area contributed by atoms with Gasteiger partial charge in [0.25, 0.3) is 0 Å². The average molecular weight is 187 g/mol. The Morgan fingerprint density at radius 1 is 1.29 bits per heavy atom. The molecule has 0 radical (unpaired) electrons. The molecule has 0 unspecified atom stereocenters. The molecule has 3 rings (SSSR count). The van der Waals surface area contributed by atoms with Gasteiger partial charge in [-0.15, -0.1) is 5.10 Å². The van der Waals surface area contributed by atoms with Crippen molar-refractivity contribution in [1.82, 2.24) is 20.0 Å². The predicted octanol–water partition coefficient (Wildman–Crippen LogP) is -0.0891. The molecular weight excluding hydrogens is 182 g/mol. The van der Waals surface area contributed by atoms with Crippen LogP contribution >= 0.6 is 0 Å². The highest BCUT2D eigenvalue weighted by Gasteiger charge is 2.10. The summed E-state index contributed by atoms with van der Waals surface area (Å²) in [5.74, 6) is 0. The molecule has 68 valence electrons. The van der Waals surface area contributed by atoms with E-state index in [4.69, 9.17) is 0 Å². The number of hydrogen-bond donors (Lipinski definition) is 0. The lowest BCUT2D eigenvalue weighted by atomic mass is 10.3. The maximum absolute atomic E-state index is 11.5. The Labute approximate surface area is 78.0 Å². The SMILES string of the molecule is [O-][n+]1cc2nnnn2c2ccccc21. The van der Waals surface area contributed by atoms with Crippen molar-refractivity contribution in [3.63, 3.8) is 0 Å². The zero-order valence-corrected chi connectivity index (χ0v) is 7.03. The summed E-state index contributed by atoms with van der Waals surface area (Å²) in [5, 5.41) is 22.5. The summed E-state index contributed by atoms with van der Waals surface area (Å²) < 4.78 is 2.30.